The summed E-state index contributed by atoms with van der Waals surface area (Å²) in [5, 5.41) is 2.98. The molecule has 0 aromatic heterocycles. The molecule has 1 N–H and O–H groups in total. The van der Waals surface area contributed by atoms with Gasteiger partial charge in [0, 0.05) is 32.0 Å². The van der Waals surface area contributed by atoms with E-state index in [0.29, 0.717) is 32.0 Å². The van der Waals surface area contributed by atoms with E-state index in [1.54, 1.807) is 11.0 Å². The van der Waals surface area contributed by atoms with Crippen LogP contribution in [0, 0.1) is 17.7 Å². The van der Waals surface area contributed by atoms with Crippen LogP contribution in [0.5, 0.6) is 0 Å². The molecule has 1 aliphatic rings. The predicted molar refractivity (Wildman–Crippen MR) is 92.0 cm³/mol. The first-order valence-corrected chi connectivity index (χ1v) is 8.73. The minimum atomic E-state index is -0.325. The van der Waals surface area contributed by atoms with Gasteiger partial charge in [0.2, 0.25) is 11.8 Å². The topological polar surface area (TPSA) is 49.4 Å². The predicted octanol–water partition coefficient (Wildman–Crippen LogP) is 2.94. The number of carbonyl (C=O) groups is 2. The number of nitrogens with zero attached hydrogens (tertiary/aromatic N) is 1. The van der Waals surface area contributed by atoms with Gasteiger partial charge in [-0.25, -0.2) is 4.39 Å². The minimum Gasteiger partial charge on any atom is -0.356 e. The molecule has 2 atom stereocenters. The van der Waals surface area contributed by atoms with Crippen LogP contribution < -0.4 is 5.32 Å². The van der Waals surface area contributed by atoms with Crippen molar-refractivity contribution in [3.63, 3.8) is 0 Å². The van der Waals surface area contributed by atoms with Crippen LogP contribution in [-0.2, 0) is 9.59 Å². The van der Waals surface area contributed by atoms with Crippen molar-refractivity contribution in [3.8, 4) is 0 Å². The molecule has 1 aliphatic heterocycles. The second kappa shape index (κ2) is 8.27. The SMILES string of the molecule is CCC(=O)N1C[C@H](C(=O)NCCC(C)C)[C@H](c2cccc(F)c2)C1. The van der Waals surface area contributed by atoms with Crippen molar-refractivity contribution in [1.29, 1.82) is 0 Å². The molecule has 0 saturated carbocycles. The van der Waals surface area contributed by atoms with E-state index in [2.05, 4.69) is 19.2 Å². The number of hydrogen-bond donors (Lipinski definition) is 1. The van der Waals surface area contributed by atoms with Crippen molar-refractivity contribution in [2.75, 3.05) is 19.6 Å². The van der Waals surface area contributed by atoms with Crippen LogP contribution in [0.15, 0.2) is 24.3 Å². The Kier molecular flexibility index (Phi) is 6.35. The van der Waals surface area contributed by atoms with Crippen LogP contribution >= 0.6 is 0 Å². The molecule has 0 aliphatic carbocycles. The van der Waals surface area contributed by atoms with Gasteiger partial charge in [-0.15, -0.1) is 0 Å². The summed E-state index contributed by atoms with van der Waals surface area (Å²) >= 11 is 0. The van der Waals surface area contributed by atoms with Crippen molar-refractivity contribution in [2.45, 2.75) is 39.5 Å². The fourth-order valence-electron chi connectivity index (χ4n) is 3.19. The summed E-state index contributed by atoms with van der Waals surface area (Å²) in [6.45, 7) is 7.54. The summed E-state index contributed by atoms with van der Waals surface area (Å²) in [6, 6.07) is 6.36. The first kappa shape index (κ1) is 18.4. The van der Waals surface area contributed by atoms with Crippen LogP contribution in [0.4, 0.5) is 4.39 Å². The van der Waals surface area contributed by atoms with Crippen LogP contribution in [0.2, 0.25) is 0 Å². The lowest BCUT2D eigenvalue weighted by Gasteiger charge is -2.18. The zero-order valence-corrected chi connectivity index (χ0v) is 14.7. The number of halogens is 1. The fourth-order valence-corrected chi connectivity index (χ4v) is 3.19. The quantitative estimate of drug-likeness (QED) is 0.869. The minimum absolute atomic E-state index is 0.0360. The van der Waals surface area contributed by atoms with Gasteiger partial charge in [-0.05, 0) is 30.0 Å². The van der Waals surface area contributed by atoms with Gasteiger partial charge in [0.1, 0.15) is 5.82 Å². The Bertz CT molecular complexity index is 588. The number of carbonyl (C=O) groups excluding carboxylic acids is 2. The molecule has 1 saturated heterocycles. The van der Waals surface area contributed by atoms with E-state index in [-0.39, 0.29) is 29.5 Å². The summed E-state index contributed by atoms with van der Waals surface area (Å²) in [5.74, 6) is -0.285. The zero-order valence-electron chi connectivity index (χ0n) is 14.7. The Morgan fingerprint density at radius 1 is 1.33 bits per heavy atom. The molecule has 2 rings (SSSR count). The number of likely N-dealkylation sites (tertiary alicyclic amines) is 1. The van der Waals surface area contributed by atoms with Gasteiger partial charge in [-0.2, -0.15) is 0 Å². The first-order valence-electron chi connectivity index (χ1n) is 8.73. The molecule has 2 amide bonds. The highest BCUT2D eigenvalue weighted by molar-refractivity contribution is 5.83. The normalized spacial score (nSPS) is 20.5. The number of hydrogen-bond acceptors (Lipinski definition) is 2. The first-order chi connectivity index (χ1) is 11.4. The van der Waals surface area contributed by atoms with Crippen molar-refractivity contribution in [3.05, 3.63) is 35.6 Å². The number of benzene rings is 1. The molecule has 0 bridgehead atoms. The summed E-state index contributed by atoms with van der Waals surface area (Å²) in [5.41, 5.74) is 0.783. The van der Waals surface area contributed by atoms with Gasteiger partial charge in [-0.3, -0.25) is 9.59 Å². The smallest absolute Gasteiger partial charge is 0.225 e. The van der Waals surface area contributed by atoms with E-state index in [1.165, 1.54) is 12.1 Å². The van der Waals surface area contributed by atoms with Gasteiger partial charge in [0.05, 0.1) is 5.92 Å². The third kappa shape index (κ3) is 4.56. The summed E-state index contributed by atoms with van der Waals surface area (Å²) < 4.78 is 13.6. The van der Waals surface area contributed by atoms with Gasteiger partial charge < -0.3 is 10.2 Å². The lowest BCUT2D eigenvalue weighted by molar-refractivity contribution is -0.130. The molecule has 1 aromatic carbocycles. The molecule has 4 nitrogen and oxygen atoms in total. The molecule has 0 spiro atoms. The van der Waals surface area contributed by atoms with Crippen molar-refractivity contribution in [2.24, 2.45) is 11.8 Å². The van der Waals surface area contributed by atoms with E-state index >= 15 is 0 Å². The van der Waals surface area contributed by atoms with E-state index in [1.807, 2.05) is 13.0 Å². The third-order valence-corrected chi connectivity index (χ3v) is 4.61. The second-order valence-electron chi connectivity index (χ2n) is 6.89. The van der Waals surface area contributed by atoms with Crippen LogP contribution in [0.25, 0.3) is 0 Å². The number of amides is 2. The van der Waals surface area contributed by atoms with Gasteiger partial charge in [-0.1, -0.05) is 32.9 Å². The van der Waals surface area contributed by atoms with Gasteiger partial charge in [0.15, 0.2) is 0 Å². The second-order valence-corrected chi connectivity index (χ2v) is 6.89. The number of rotatable bonds is 6. The Hall–Kier alpha value is -1.91. The molecule has 132 valence electrons. The fraction of sp³-hybridized carbons (Fsp3) is 0.579. The van der Waals surface area contributed by atoms with Crippen molar-refractivity contribution < 1.29 is 14.0 Å². The Morgan fingerprint density at radius 2 is 2.08 bits per heavy atom. The maximum Gasteiger partial charge on any atom is 0.225 e. The lowest BCUT2D eigenvalue weighted by Crippen LogP contribution is -2.36. The molecular weight excluding hydrogens is 307 g/mol. The molecule has 5 heteroatoms. The average Bonchev–Trinajstić information content (AvgIpc) is 2.99. The van der Waals surface area contributed by atoms with E-state index in [9.17, 15) is 14.0 Å². The highest BCUT2D eigenvalue weighted by atomic mass is 19.1. The monoisotopic (exact) mass is 334 g/mol. The van der Waals surface area contributed by atoms with Crippen LogP contribution in [0.3, 0.4) is 0 Å². The average molecular weight is 334 g/mol. The van der Waals surface area contributed by atoms with Crippen LogP contribution in [0.1, 0.15) is 45.1 Å². The molecular formula is C19H27FN2O2. The molecule has 0 radical (unpaired) electrons. The molecule has 1 heterocycles. The summed E-state index contributed by atoms with van der Waals surface area (Å²) in [4.78, 5) is 26.4. The van der Waals surface area contributed by atoms with Crippen molar-refractivity contribution in [1.82, 2.24) is 10.2 Å². The van der Waals surface area contributed by atoms with E-state index < -0.39 is 0 Å². The van der Waals surface area contributed by atoms with Crippen LogP contribution in [-0.4, -0.2) is 36.3 Å². The summed E-state index contributed by atoms with van der Waals surface area (Å²) in [7, 11) is 0. The highest BCUT2D eigenvalue weighted by Gasteiger charge is 2.39. The van der Waals surface area contributed by atoms with E-state index in [0.717, 1.165) is 12.0 Å². The molecule has 1 aromatic rings. The van der Waals surface area contributed by atoms with E-state index in [4.69, 9.17) is 0 Å². The maximum atomic E-state index is 13.6. The Labute approximate surface area is 143 Å². The third-order valence-electron chi connectivity index (χ3n) is 4.61. The lowest BCUT2D eigenvalue weighted by atomic mass is 9.88. The maximum absolute atomic E-state index is 13.6. The number of nitrogens with one attached hydrogen (secondary N) is 1. The van der Waals surface area contributed by atoms with Crippen molar-refractivity contribution >= 4 is 11.8 Å². The Balaban J connectivity index is 2.14. The molecule has 1 fully saturated rings. The standard InChI is InChI=1S/C19H27FN2O2/c1-4-18(23)22-11-16(14-6-5-7-15(20)10-14)17(12-22)19(24)21-9-8-13(2)3/h5-7,10,13,16-17H,4,8-9,11-12H2,1-3H3,(H,21,24)/t16-,17-/m0/s1. The Morgan fingerprint density at radius 3 is 2.71 bits per heavy atom. The largest absolute Gasteiger partial charge is 0.356 e. The molecule has 24 heavy (non-hydrogen) atoms. The highest BCUT2D eigenvalue weighted by Crippen LogP contribution is 2.33. The van der Waals surface area contributed by atoms with Gasteiger partial charge >= 0.3 is 0 Å². The molecule has 0 unspecified atom stereocenters. The zero-order chi connectivity index (χ0) is 17.7. The van der Waals surface area contributed by atoms with Gasteiger partial charge in [0.25, 0.3) is 0 Å². The summed E-state index contributed by atoms with van der Waals surface area (Å²) in [6.07, 6.45) is 1.33.